The molecule has 144 valence electrons. The maximum atomic E-state index is 9.36. The average Bonchev–Trinajstić information content (AvgIpc) is 2.79. The number of nitriles is 1. The highest BCUT2D eigenvalue weighted by molar-refractivity contribution is 6.06. The third-order valence-corrected chi connectivity index (χ3v) is 5.92. The molecule has 1 aliphatic heterocycles. The van der Waals surface area contributed by atoms with E-state index in [0.717, 1.165) is 58.7 Å². The summed E-state index contributed by atoms with van der Waals surface area (Å²) in [6.07, 6.45) is 7.13. The van der Waals surface area contributed by atoms with Crippen LogP contribution in [-0.4, -0.2) is 10.7 Å². The van der Waals surface area contributed by atoms with Gasteiger partial charge in [-0.05, 0) is 54.7 Å². The van der Waals surface area contributed by atoms with Crippen molar-refractivity contribution in [2.24, 2.45) is 4.99 Å². The van der Waals surface area contributed by atoms with E-state index in [1.165, 1.54) is 0 Å². The van der Waals surface area contributed by atoms with Crippen LogP contribution in [0.2, 0.25) is 0 Å². The number of aromatic nitrogens is 1. The van der Waals surface area contributed by atoms with E-state index in [4.69, 9.17) is 11.3 Å². The van der Waals surface area contributed by atoms with Gasteiger partial charge in [0.25, 0.3) is 0 Å². The van der Waals surface area contributed by atoms with Crippen molar-refractivity contribution in [2.75, 3.05) is 0 Å². The van der Waals surface area contributed by atoms with Crippen LogP contribution in [0.3, 0.4) is 0 Å². The molecule has 1 unspecified atom stereocenters. The fourth-order valence-corrected chi connectivity index (χ4v) is 4.57. The first-order valence-corrected chi connectivity index (χ1v) is 9.94. The van der Waals surface area contributed by atoms with Gasteiger partial charge in [0.2, 0.25) is 6.19 Å². The minimum Gasteiger partial charge on any atom is -0.481 e. The Bertz CT molecular complexity index is 1260. The first-order chi connectivity index (χ1) is 14.7. The van der Waals surface area contributed by atoms with Crippen LogP contribution < -0.4 is 4.74 Å². The molecule has 0 saturated carbocycles. The van der Waals surface area contributed by atoms with Crippen LogP contribution in [0.4, 0.5) is 5.69 Å². The number of hydrogen-bond donors (Lipinski definition) is 0. The summed E-state index contributed by atoms with van der Waals surface area (Å²) in [6.45, 7) is 7.26. The molecule has 0 amide bonds. The number of rotatable bonds is 1. The molecule has 5 rings (SSSR count). The van der Waals surface area contributed by atoms with E-state index in [0.29, 0.717) is 12.1 Å². The highest BCUT2D eigenvalue weighted by atomic mass is 16.5. The van der Waals surface area contributed by atoms with Gasteiger partial charge < -0.3 is 4.74 Å². The molecule has 0 saturated heterocycles. The molecule has 5 heteroatoms. The highest BCUT2D eigenvalue weighted by Crippen LogP contribution is 2.47. The first kappa shape index (κ1) is 18.1. The third-order valence-electron chi connectivity index (χ3n) is 5.92. The van der Waals surface area contributed by atoms with E-state index in [2.05, 4.69) is 20.9 Å². The summed E-state index contributed by atoms with van der Waals surface area (Å²) < 4.78 is 6.62. The summed E-state index contributed by atoms with van der Waals surface area (Å²) in [5.74, 6) is 0.733. The van der Waals surface area contributed by atoms with Crippen molar-refractivity contribution in [3.8, 4) is 23.1 Å². The second-order valence-electron chi connectivity index (χ2n) is 7.66. The van der Waals surface area contributed by atoms with Crippen LogP contribution in [0.25, 0.3) is 16.0 Å². The van der Waals surface area contributed by atoms with Crippen LogP contribution >= 0.6 is 0 Å². The standard InChI is InChI=1S/C25H18N4O/c1-27-19-6-2-5-17(13-19)18-9-10-24-20(14-18)23(29-16-26)15-25(30-24)11-3-8-22-21(25)7-4-12-28-22/h2,4-7,9-10,12-14H,3,8,11,15H2/b29-23+. The number of pyridine rings is 1. The summed E-state index contributed by atoms with van der Waals surface area (Å²) in [7, 11) is 0. The number of aryl methyl sites for hydroxylation is 1. The van der Waals surface area contributed by atoms with Gasteiger partial charge in [-0.2, -0.15) is 10.3 Å². The summed E-state index contributed by atoms with van der Waals surface area (Å²) >= 11 is 0. The lowest BCUT2D eigenvalue weighted by Gasteiger charge is -2.42. The fourth-order valence-electron chi connectivity index (χ4n) is 4.57. The second kappa shape index (κ2) is 7.13. The molecule has 0 radical (unpaired) electrons. The zero-order valence-electron chi connectivity index (χ0n) is 16.3. The lowest BCUT2D eigenvalue weighted by Crippen LogP contribution is -2.42. The molecule has 1 aliphatic carbocycles. The molecule has 30 heavy (non-hydrogen) atoms. The van der Waals surface area contributed by atoms with Gasteiger partial charge in [0.05, 0.1) is 12.3 Å². The van der Waals surface area contributed by atoms with Crippen molar-refractivity contribution in [3.05, 3.63) is 89.0 Å². The maximum Gasteiger partial charge on any atom is 0.205 e. The predicted octanol–water partition coefficient (Wildman–Crippen LogP) is 5.58. The van der Waals surface area contributed by atoms with Gasteiger partial charge in [0.1, 0.15) is 11.4 Å². The number of ether oxygens (including phenoxy) is 1. The molecule has 0 bridgehead atoms. The van der Waals surface area contributed by atoms with E-state index >= 15 is 0 Å². The maximum absolute atomic E-state index is 9.36. The van der Waals surface area contributed by atoms with Gasteiger partial charge in [0, 0.05) is 29.4 Å². The molecule has 1 spiro atoms. The number of hydrogen-bond acceptors (Lipinski definition) is 4. The van der Waals surface area contributed by atoms with Gasteiger partial charge in [-0.1, -0.05) is 30.3 Å². The van der Waals surface area contributed by atoms with Crippen molar-refractivity contribution < 1.29 is 4.74 Å². The molecule has 2 heterocycles. The summed E-state index contributed by atoms with van der Waals surface area (Å²) in [6, 6.07) is 17.5. The molecule has 0 fully saturated rings. The molecular formula is C25H18N4O. The van der Waals surface area contributed by atoms with Crippen molar-refractivity contribution >= 4 is 11.4 Å². The van der Waals surface area contributed by atoms with Crippen molar-refractivity contribution in [2.45, 2.75) is 31.3 Å². The van der Waals surface area contributed by atoms with Gasteiger partial charge in [-0.15, -0.1) is 0 Å². The Labute approximate surface area is 175 Å². The smallest absolute Gasteiger partial charge is 0.205 e. The summed E-state index contributed by atoms with van der Waals surface area (Å²) in [5, 5.41) is 9.36. The van der Waals surface area contributed by atoms with Crippen LogP contribution in [-0.2, 0) is 12.0 Å². The van der Waals surface area contributed by atoms with Crippen LogP contribution in [0.1, 0.15) is 36.1 Å². The second-order valence-corrected chi connectivity index (χ2v) is 7.66. The van der Waals surface area contributed by atoms with Crippen molar-refractivity contribution in [1.82, 2.24) is 4.98 Å². The Kier molecular flexibility index (Phi) is 4.30. The van der Waals surface area contributed by atoms with E-state index in [1.807, 2.05) is 54.9 Å². The monoisotopic (exact) mass is 390 g/mol. The summed E-state index contributed by atoms with van der Waals surface area (Å²) in [4.78, 5) is 12.3. The van der Waals surface area contributed by atoms with Gasteiger partial charge in [0.15, 0.2) is 5.69 Å². The van der Waals surface area contributed by atoms with Crippen LogP contribution in [0.5, 0.6) is 5.75 Å². The predicted molar refractivity (Wildman–Crippen MR) is 114 cm³/mol. The number of aliphatic imine (C=N–C) groups is 1. The Balaban J connectivity index is 1.63. The Hall–Kier alpha value is -3.96. The topological polar surface area (TPSA) is 62.6 Å². The Morgan fingerprint density at radius 1 is 1.13 bits per heavy atom. The minimum absolute atomic E-state index is 0.532. The molecule has 0 N–H and O–H groups in total. The normalized spacial score (nSPS) is 20.5. The molecular weight excluding hydrogens is 372 g/mol. The van der Waals surface area contributed by atoms with Gasteiger partial charge >= 0.3 is 0 Å². The van der Waals surface area contributed by atoms with Gasteiger partial charge in [-0.3, -0.25) is 4.98 Å². The molecule has 5 nitrogen and oxygen atoms in total. The SMILES string of the molecule is [C-]#[N+]c1cccc(-c2ccc3c(c2)/C(=N/C#N)CC2(CCCc4ncccc42)O3)c1. The average molecular weight is 390 g/mol. The highest BCUT2D eigenvalue weighted by Gasteiger charge is 2.44. The minimum atomic E-state index is -0.532. The quantitative estimate of drug-likeness (QED) is 0.402. The fraction of sp³-hybridized carbons (Fsp3) is 0.200. The molecule has 2 aliphatic rings. The molecule has 1 aromatic heterocycles. The third kappa shape index (κ3) is 2.93. The number of nitrogens with zero attached hydrogens (tertiary/aromatic N) is 4. The zero-order chi connectivity index (χ0) is 20.6. The van der Waals surface area contributed by atoms with Crippen molar-refractivity contribution in [1.29, 1.82) is 5.26 Å². The largest absolute Gasteiger partial charge is 0.481 e. The van der Waals surface area contributed by atoms with E-state index in [9.17, 15) is 5.26 Å². The lowest BCUT2D eigenvalue weighted by molar-refractivity contribution is 0.0483. The number of benzene rings is 2. The van der Waals surface area contributed by atoms with E-state index in [1.54, 1.807) is 6.07 Å². The molecule has 1 atom stereocenters. The van der Waals surface area contributed by atoms with Crippen LogP contribution in [0.15, 0.2) is 65.8 Å². The number of fused-ring (bicyclic) bond motifs is 3. The zero-order valence-corrected chi connectivity index (χ0v) is 16.3. The lowest BCUT2D eigenvalue weighted by atomic mass is 9.75. The Morgan fingerprint density at radius 3 is 2.90 bits per heavy atom. The summed E-state index contributed by atoms with van der Waals surface area (Å²) in [5.41, 5.74) is 5.72. The molecule has 3 aromatic rings. The Morgan fingerprint density at radius 2 is 2.03 bits per heavy atom. The van der Waals surface area contributed by atoms with Crippen molar-refractivity contribution in [3.63, 3.8) is 0 Å². The van der Waals surface area contributed by atoms with Gasteiger partial charge in [-0.25, -0.2) is 4.85 Å². The van der Waals surface area contributed by atoms with E-state index < -0.39 is 5.60 Å². The first-order valence-electron chi connectivity index (χ1n) is 9.94. The van der Waals surface area contributed by atoms with E-state index in [-0.39, 0.29) is 0 Å². The van der Waals surface area contributed by atoms with Crippen LogP contribution in [0, 0.1) is 18.0 Å². The molecule has 2 aromatic carbocycles.